The topological polar surface area (TPSA) is 55.8 Å². The lowest BCUT2D eigenvalue weighted by Crippen LogP contribution is -2.39. The standard InChI is InChI=1S/C16H23NO4/c1-12-6-5-7-14(10-12)15(18)17(8-9-20-3)11-13(2)16(19)21-4/h5-7,10,13H,8-9,11H2,1-4H3. The molecule has 1 unspecified atom stereocenters. The Kier molecular flexibility index (Phi) is 6.88. The highest BCUT2D eigenvalue weighted by atomic mass is 16.5. The molecule has 1 rings (SSSR count). The normalized spacial score (nSPS) is 11.8. The second-order valence-electron chi connectivity index (χ2n) is 5.04. The number of hydrogen-bond acceptors (Lipinski definition) is 4. The van der Waals surface area contributed by atoms with Crippen molar-refractivity contribution >= 4 is 11.9 Å². The molecule has 116 valence electrons. The van der Waals surface area contributed by atoms with Crippen LogP contribution < -0.4 is 0 Å². The van der Waals surface area contributed by atoms with Crippen LogP contribution >= 0.6 is 0 Å². The molecule has 0 aliphatic rings. The van der Waals surface area contributed by atoms with Crippen molar-refractivity contribution in [2.45, 2.75) is 13.8 Å². The maximum absolute atomic E-state index is 12.6. The summed E-state index contributed by atoms with van der Waals surface area (Å²) < 4.78 is 9.75. The van der Waals surface area contributed by atoms with Gasteiger partial charge in [-0.15, -0.1) is 0 Å². The zero-order valence-corrected chi connectivity index (χ0v) is 13.1. The molecule has 1 aromatic rings. The first kappa shape index (κ1) is 17.2. The third kappa shape index (κ3) is 5.19. The molecule has 0 spiro atoms. The number of esters is 1. The molecule has 1 atom stereocenters. The van der Waals surface area contributed by atoms with E-state index in [1.165, 1.54) is 7.11 Å². The average molecular weight is 293 g/mol. The van der Waals surface area contributed by atoms with Crippen LogP contribution in [0.4, 0.5) is 0 Å². The summed E-state index contributed by atoms with van der Waals surface area (Å²) in [7, 11) is 2.93. The van der Waals surface area contributed by atoms with Crippen molar-refractivity contribution in [2.24, 2.45) is 5.92 Å². The van der Waals surface area contributed by atoms with Crippen LogP contribution in [-0.4, -0.2) is 50.7 Å². The van der Waals surface area contributed by atoms with Crippen LogP contribution in [0.5, 0.6) is 0 Å². The van der Waals surface area contributed by atoms with E-state index >= 15 is 0 Å². The van der Waals surface area contributed by atoms with Gasteiger partial charge in [0.1, 0.15) is 0 Å². The molecule has 0 aliphatic heterocycles. The maximum Gasteiger partial charge on any atom is 0.310 e. The van der Waals surface area contributed by atoms with Crippen molar-refractivity contribution in [3.63, 3.8) is 0 Å². The zero-order valence-electron chi connectivity index (χ0n) is 13.1. The third-order valence-electron chi connectivity index (χ3n) is 3.22. The van der Waals surface area contributed by atoms with E-state index in [-0.39, 0.29) is 17.8 Å². The molecule has 1 amide bonds. The third-order valence-corrected chi connectivity index (χ3v) is 3.22. The molecule has 0 bridgehead atoms. The molecule has 0 N–H and O–H groups in total. The Hall–Kier alpha value is -1.88. The highest BCUT2D eigenvalue weighted by Crippen LogP contribution is 2.11. The second-order valence-corrected chi connectivity index (χ2v) is 5.04. The smallest absolute Gasteiger partial charge is 0.310 e. The molecule has 0 aromatic heterocycles. The number of nitrogens with zero attached hydrogens (tertiary/aromatic N) is 1. The molecule has 0 saturated carbocycles. The number of carbonyl (C=O) groups excluding carboxylic acids is 2. The minimum Gasteiger partial charge on any atom is -0.469 e. The van der Waals surface area contributed by atoms with Crippen LogP contribution in [-0.2, 0) is 14.3 Å². The van der Waals surface area contributed by atoms with Gasteiger partial charge in [0.2, 0.25) is 0 Å². The SMILES string of the molecule is COCCN(CC(C)C(=O)OC)C(=O)c1cccc(C)c1. The Morgan fingerprint density at radius 1 is 1.29 bits per heavy atom. The Labute approximate surface area is 125 Å². The van der Waals surface area contributed by atoms with Crippen LogP contribution in [0.1, 0.15) is 22.8 Å². The van der Waals surface area contributed by atoms with Gasteiger partial charge in [-0.25, -0.2) is 0 Å². The largest absolute Gasteiger partial charge is 0.469 e. The Bertz CT molecular complexity index is 487. The highest BCUT2D eigenvalue weighted by molar-refractivity contribution is 5.94. The summed E-state index contributed by atoms with van der Waals surface area (Å²) in [6.45, 7) is 4.85. The monoisotopic (exact) mass is 293 g/mol. The first-order chi connectivity index (χ1) is 9.99. The Morgan fingerprint density at radius 2 is 2.00 bits per heavy atom. The Balaban J connectivity index is 2.85. The lowest BCUT2D eigenvalue weighted by molar-refractivity contribution is -0.145. The quantitative estimate of drug-likeness (QED) is 0.720. The molecule has 0 heterocycles. The molecule has 0 aliphatic carbocycles. The van der Waals surface area contributed by atoms with E-state index in [0.717, 1.165) is 5.56 Å². The lowest BCUT2D eigenvalue weighted by atomic mass is 10.1. The van der Waals surface area contributed by atoms with E-state index in [1.807, 2.05) is 25.1 Å². The molecule has 5 heteroatoms. The number of methoxy groups -OCH3 is 2. The van der Waals surface area contributed by atoms with E-state index in [0.29, 0.717) is 25.3 Å². The summed E-state index contributed by atoms with van der Waals surface area (Å²) in [6, 6.07) is 7.40. The number of aryl methyl sites for hydroxylation is 1. The Morgan fingerprint density at radius 3 is 2.57 bits per heavy atom. The van der Waals surface area contributed by atoms with Crippen molar-refractivity contribution in [3.05, 3.63) is 35.4 Å². The van der Waals surface area contributed by atoms with Gasteiger partial charge >= 0.3 is 5.97 Å². The van der Waals surface area contributed by atoms with E-state index in [2.05, 4.69) is 0 Å². The van der Waals surface area contributed by atoms with Crippen LogP contribution in [0, 0.1) is 12.8 Å². The fourth-order valence-corrected chi connectivity index (χ4v) is 2.04. The van der Waals surface area contributed by atoms with Gasteiger partial charge < -0.3 is 14.4 Å². The van der Waals surface area contributed by atoms with Gasteiger partial charge in [-0.1, -0.05) is 24.6 Å². The molecule has 0 radical (unpaired) electrons. The second kappa shape index (κ2) is 8.42. The summed E-state index contributed by atoms with van der Waals surface area (Å²) in [5.41, 5.74) is 1.64. The van der Waals surface area contributed by atoms with E-state index < -0.39 is 0 Å². The van der Waals surface area contributed by atoms with E-state index in [1.54, 1.807) is 25.0 Å². The van der Waals surface area contributed by atoms with Crippen LogP contribution in [0.3, 0.4) is 0 Å². The molecule has 21 heavy (non-hydrogen) atoms. The van der Waals surface area contributed by atoms with Gasteiger partial charge in [-0.3, -0.25) is 9.59 Å². The minimum absolute atomic E-state index is 0.105. The minimum atomic E-state index is -0.374. The number of benzene rings is 1. The number of rotatable bonds is 7. The molecule has 1 aromatic carbocycles. The van der Waals surface area contributed by atoms with Gasteiger partial charge in [0.15, 0.2) is 0 Å². The number of amides is 1. The summed E-state index contributed by atoms with van der Waals surface area (Å²) in [6.07, 6.45) is 0. The van der Waals surface area contributed by atoms with Crippen molar-refractivity contribution < 1.29 is 19.1 Å². The maximum atomic E-state index is 12.6. The van der Waals surface area contributed by atoms with E-state index in [9.17, 15) is 9.59 Å². The van der Waals surface area contributed by atoms with Crippen molar-refractivity contribution in [3.8, 4) is 0 Å². The molecule has 0 fully saturated rings. The molecule has 0 saturated heterocycles. The fraction of sp³-hybridized carbons (Fsp3) is 0.500. The van der Waals surface area contributed by atoms with Crippen LogP contribution in [0.2, 0.25) is 0 Å². The van der Waals surface area contributed by atoms with Gasteiger partial charge in [-0.05, 0) is 19.1 Å². The van der Waals surface area contributed by atoms with Crippen LogP contribution in [0.25, 0.3) is 0 Å². The predicted molar refractivity (Wildman–Crippen MR) is 80.1 cm³/mol. The molecular weight excluding hydrogens is 270 g/mol. The zero-order chi connectivity index (χ0) is 15.8. The van der Waals surface area contributed by atoms with Crippen molar-refractivity contribution in [1.82, 2.24) is 4.90 Å². The van der Waals surface area contributed by atoms with E-state index in [4.69, 9.17) is 9.47 Å². The fourth-order valence-electron chi connectivity index (χ4n) is 2.04. The van der Waals surface area contributed by atoms with Crippen LogP contribution in [0.15, 0.2) is 24.3 Å². The van der Waals surface area contributed by atoms with Gasteiger partial charge in [0.05, 0.1) is 19.6 Å². The number of ether oxygens (including phenoxy) is 2. The molecule has 5 nitrogen and oxygen atoms in total. The average Bonchev–Trinajstić information content (AvgIpc) is 2.49. The van der Waals surface area contributed by atoms with Gasteiger partial charge in [-0.2, -0.15) is 0 Å². The lowest BCUT2D eigenvalue weighted by Gasteiger charge is -2.25. The first-order valence-corrected chi connectivity index (χ1v) is 6.92. The summed E-state index contributed by atoms with van der Waals surface area (Å²) in [5.74, 6) is -0.804. The van der Waals surface area contributed by atoms with Crippen molar-refractivity contribution in [1.29, 1.82) is 0 Å². The molecular formula is C16H23NO4. The number of hydrogen-bond donors (Lipinski definition) is 0. The highest BCUT2D eigenvalue weighted by Gasteiger charge is 2.22. The predicted octanol–water partition coefficient (Wildman–Crippen LogP) is 1.89. The number of carbonyl (C=O) groups is 2. The van der Waals surface area contributed by atoms with Gasteiger partial charge in [0, 0.05) is 25.8 Å². The van der Waals surface area contributed by atoms with Crippen molar-refractivity contribution in [2.75, 3.05) is 33.9 Å². The summed E-state index contributed by atoms with van der Waals surface area (Å²) >= 11 is 0. The summed E-state index contributed by atoms with van der Waals surface area (Å²) in [4.78, 5) is 25.7. The first-order valence-electron chi connectivity index (χ1n) is 6.92. The summed E-state index contributed by atoms with van der Waals surface area (Å²) in [5, 5.41) is 0. The van der Waals surface area contributed by atoms with Gasteiger partial charge in [0.25, 0.3) is 5.91 Å².